The van der Waals surface area contributed by atoms with Crippen LogP contribution in [-0.4, -0.2) is 41.6 Å². The van der Waals surface area contributed by atoms with Gasteiger partial charge >= 0.3 is 0 Å². The van der Waals surface area contributed by atoms with E-state index in [-0.39, 0.29) is 11.9 Å². The number of carbonyl (C=O) groups excluding carboxylic acids is 1. The van der Waals surface area contributed by atoms with Crippen molar-refractivity contribution in [3.8, 4) is 0 Å². The molecule has 0 spiro atoms. The van der Waals surface area contributed by atoms with Crippen molar-refractivity contribution in [3.05, 3.63) is 48.3 Å². The lowest BCUT2D eigenvalue weighted by molar-refractivity contribution is -0.118. The van der Waals surface area contributed by atoms with E-state index in [0.29, 0.717) is 6.54 Å². The molecule has 1 N–H and O–H groups in total. The van der Waals surface area contributed by atoms with E-state index in [2.05, 4.69) is 57.1 Å². The van der Waals surface area contributed by atoms with Gasteiger partial charge in [-0.2, -0.15) is 0 Å². The second-order valence-corrected chi connectivity index (χ2v) is 7.77. The Morgan fingerprint density at radius 3 is 2.48 bits per heavy atom. The van der Waals surface area contributed by atoms with Crippen molar-refractivity contribution in [1.82, 2.24) is 9.47 Å². The Morgan fingerprint density at radius 2 is 1.74 bits per heavy atom. The summed E-state index contributed by atoms with van der Waals surface area (Å²) in [5.74, 6) is 0.0596. The Hall–Kier alpha value is -2.27. The molecule has 5 nitrogen and oxygen atoms in total. The van der Waals surface area contributed by atoms with Crippen molar-refractivity contribution in [2.75, 3.05) is 36.4 Å². The SMILES string of the molecule is C[C@@H]1c2cccn2CCN1CC(=O)Nc1ccc(N2CCCCCC2)cc1. The molecule has 0 unspecified atom stereocenters. The number of nitrogens with one attached hydrogen (secondary N) is 1. The van der Waals surface area contributed by atoms with Crippen LogP contribution in [0.25, 0.3) is 0 Å². The van der Waals surface area contributed by atoms with Gasteiger partial charge in [0.05, 0.1) is 6.54 Å². The standard InChI is InChI=1S/C22H30N4O/c1-18-21-7-6-14-25(21)15-16-26(18)17-22(27)23-19-8-10-20(11-9-19)24-12-4-2-3-5-13-24/h6-11,14,18H,2-5,12-13,15-17H2,1H3,(H,23,27)/t18-/m1/s1. The van der Waals surface area contributed by atoms with Gasteiger partial charge in [-0.25, -0.2) is 0 Å². The van der Waals surface area contributed by atoms with Crippen LogP contribution in [0, 0.1) is 0 Å². The lowest BCUT2D eigenvalue weighted by Gasteiger charge is -2.34. The normalized spacial score (nSPS) is 20.8. The van der Waals surface area contributed by atoms with Crippen LogP contribution in [0.3, 0.4) is 0 Å². The molecule has 1 fully saturated rings. The molecule has 0 saturated carbocycles. The maximum atomic E-state index is 12.5. The van der Waals surface area contributed by atoms with Crippen molar-refractivity contribution in [2.24, 2.45) is 0 Å². The highest BCUT2D eigenvalue weighted by Crippen LogP contribution is 2.25. The van der Waals surface area contributed by atoms with Gasteiger partial charge in [0.2, 0.25) is 5.91 Å². The van der Waals surface area contributed by atoms with Crippen molar-refractivity contribution >= 4 is 17.3 Å². The molecule has 0 aliphatic carbocycles. The number of benzene rings is 1. The molecule has 1 saturated heterocycles. The fourth-order valence-electron chi connectivity index (χ4n) is 4.31. The van der Waals surface area contributed by atoms with Gasteiger partial charge in [0.15, 0.2) is 0 Å². The maximum Gasteiger partial charge on any atom is 0.238 e. The van der Waals surface area contributed by atoms with Crippen LogP contribution < -0.4 is 10.2 Å². The van der Waals surface area contributed by atoms with E-state index in [9.17, 15) is 4.79 Å². The summed E-state index contributed by atoms with van der Waals surface area (Å²) < 4.78 is 2.28. The highest BCUT2D eigenvalue weighted by molar-refractivity contribution is 5.92. The zero-order valence-electron chi connectivity index (χ0n) is 16.2. The first-order chi connectivity index (χ1) is 13.2. The van der Waals surface area contributed by atoms with E-state index in [1.54, 1.807) is 0 Å². The monoisotopic (exact) mass is 366 g/mol. The maximum absolute atomic E-state index is 12.5. The molecule has 3 heterocycles. The summed E-state index contributed by atoms with van der Waals surface area (Å²) in [6.45, 7) is 6.74. The van der Waals surface area contributed by atoms with Gasteiger partial charge in [0, 0.05) is 55.5 Å². The van der Waals surface area contributed by atoms with Crippen molar-refractivity contribution in [2.45, 2.75) is 45.2 Å². The predicted molar refractivity (Wildman–Crippen MR) is 110 cm³/mol. The molecule has 1 aromatic heterocycles. The third kappa shape index (κ3) is 4.19. The quantitative estimate of drug-likeness (QED) is 0.893. The first-order valence-electron chi connectivity index (χ1n) is 10.2. The predicted octanol–water partition coefficient (Wildman–Crippen LogP) is 3.88. The number of hydrogen-bond acceptors (Lipinski definition) is 3. The number of fused-ring (bicyclic) bond motifs is 1. The molecule has 2 aliphatic heterocycles. The molecule has 1 aromatic carbocycles. The summed E-state index contributed by atoms with van der Waals surface area (Å²) in [4.78, 5) is 17.2. The summed E-state index contributed by atoms with van der Waals surface area (Å²) in [7, 11) is 0. The number of carbonyl (C=O) groups is 1. The average Bonchev–Trinajstić information content (AvgIpc) is 2.99. The molecule has 0 bridgehead atoms. The Bertz CT molecular complexity index is 759. The number of nitrogens with zero attached hydrogens (tertiary/aromatic N) is 3. The summed E-state index contributed by atoms with van der Waals surface area (Å²) >= 11 is 0. The van der Waals surface area contributed by atoms with Crippen molar-refractivity contribution in [3.63, 3.8) is 0 Å². The fourth-order valence-corrected chi connectivity index (χ4v) is 4.31. The van der Waals surface area contributed by atoms with E-state index < -0.39 is 0 Å². The second kappa shape index (κ2) is 8.17. The summed E-state index contributed by atoms with van der Waals surface area (Å²) in [6.07, 6.45) is 7.34. The summed E-state index contributed by atoms with van der Waals surface area (Å²) in [5, 5.41) is 3.06. The van der Waals surface area contributed by atoms with Crippen LogP contribution in [0.5, 0.6) is 0 Å². The smallest absolute Gasteiger partial charge is 0.238 e. The molecule has 4 rings (SSSR count). The summed E-state index contributed by atoms with van der Waals surface area (Å²) in [5.41, 5.74) is 3.43. The third-order valence-corrected chi connectivity index (χ3v) is 5.94. The summed E-state index contributed by atoms with van der Waals surface area (Å²) in [6, 6.07) is 12.8. The van der Waals surface area contributed by atoms with Crippen LogP contribution in [-0.2, 0) is 11.3 Å². The molecule has 27 heavy (non-hydrogen) atoms. The number of rotatable bonds is 4. The van der Waals surface area contributed by atoms with Gasteiger partial charge in [0.1, 0.15) is 0 Å². The number of amides is 1. The van der Waals surface area contributed by atoms with Gasteiger partial charge < -0.3 is 14.8 Å². The van der Waals surface area contributed by atoms with Crippen LogP contribution >= 0.6 is 0 Å². The molecule has 2 aromatic rings. The third-order valence-electron chi connectivity index (χ3n) is 5.94. The Kier molecular flexibility index (Phi) is 5.48. The zero-order chi connectivity index (χ0) is 18.6. The van der Waals surface area contributed by atoms with Crippen LogP contribution in [0.15, 0.2) is 42.6 Å². The number of anilines is 2. The molecule has 5 heteroatoms. The van der Waals surface area contributed by atoms with Gasteiger partial charge in [-0.1, -0.05) is 12.8 Å². The molecule has 1 amide bonds. The minimum absolute atomic E-state index is 0.0596. The minimum atomic E-state index is 0.0596. The lowest BCUT2D eigenvalue weighted by Crippen LogP contribution is -2.41. The minimum Gasteiger partial charge on any atom is -0.372 e. The van der Waals surface area contributed by atoms with Crippen LogP contribution in [0.2, 0.25) is 0 Å². The zero-order valence-corrected chi connectivity index (χ0v) is 16.2. The van der Waals surface area contributed by atoms with Crippen LogP contribution in [0.1, 0.15) is 44.3 Å². The highest BCUT2D eigenvalue weighted by Gasteiger charge is 2.25. The van der Waals surface area contributed by atoms with Crippen molar-refractivity contribution in [1.29, 1.82) is 0 Å². The lowest BCUT2D eigenvalue weighted by atomic mass is 10.1. The van der Waals surface area contributed by atoms with E-state index in [1.807, 2.05) is 12.1 Å². The van der Waals surface area contributed by atoms with E-state index in [1.165, 1.54) is 37.1 Å². The van der Waals surface area contributed by atoms with E-state index in [4.69, 9.17) is 0 Å². The van der Waals surface area contributed by atoms with E-state index >= 15 is 0 Å². The average molecular weight is 367 g/mol. The van der Waals surface area contributed by atoms with Gasteiger partial charge in [-0.05, 0) is 56.2 Å². The topological polar surface area (TPSA) is 40.5 Å². The first kappa shape index (κ1) is 18.1. The molecule has 2 aliphatic rings. The number of aromatic nitrogens is 1. The first-order valence-corrected chi connectivity index (χ1v) is 10.2. The van der Waals surface area contributed by atoms with Gasteiger partial charge in [-0.15, -0.1) is 0 Å². The Morgan fingerprint density at radius 1 is 1.00 bits per heavy atom. The van der Waals surface area contributed by atoms with Gasteiger partial charge in [0.25, 0.3) is 0 Å². The second-order valence-electron chi connectivity index (χ2n) is 7.77. The molecular formula is C22H30N4O. The van der Waals surface area contributed by atoms with E-state index in [0.717, 1.165) is 31.9 Å². The number of hydrogen-bond donors (Lipinski definition) is 1. The van der Waals surface area contributed by atoms with Gasteiger partial charge in [-0.3, -0.25) is 9.69 Å². The molecule has 144 valence electrons. The van der Waals surface area contributed by atoms with Crippen LogP contribution in [0.4, 0.5) is 11.4 Å². The molecule has 0 radical (unpaired) electrons. The highest BCUT2D eigenvalue weighted by atomic mass is 16.2. The largest absolute Gasteiger partial charge is 0.372 e. The molecular weight excluding hydrogens is 336 g/mol. The molecule has 1 atom stereocenters. The Labute approximate surface area is 162 Å². The van der Waals surface area contributed by atoms with Crippen molar-refractivity contribution < 1.29 is 4.79 Å². The fraction of sp³-hybridized carbons (Fsp3) is 0.500. The Balaban J connectivity index is 1.33.